The third-order valence-corrected chi connectivity index (χ3v) is 4.76. The molecule has 29 heavy (non-hydrogen) atoms. The normalized spacial score (nSPS) is 11.0. The zero-order valence-electron chi connectivity index (χ0n) is 16.1. The fraction of sp³-hybridized carbons (Fsp3) is 0.222. The quantitative estimate of drug-likeness (QED) is 0.177. The smallest absolute Gasteiger partial charge is 0.264 e. The predicted molar refractivity (Wildman–Crippen MR) is 109 cm³/mol. The van der Waals surface area contributed by atoms with Crippen LogP contribution in [0.2, 0.25) is 0 Å². The van der Waals surface area contributed by atoms with E-state index in [4.69, 9.17) is 19.7 Å². The predicted octanol–water partition coefficient (Wildman–Crippen LogP) is 2.33. The topological polar surface area (TPSA) is 130 Å². The first-order chi connectivity index (χ1) is 14.0. The van der Waals surface area contributed by atoms with Crippen molar-refractivity contribution in [3.8, 4) is 11.5 Å². The highest BCUT2D eigenvalue weighted by atomic mass is 32.2. The Morgan fingerprint density at radius 1 is 1.28 bits per heavy atom. The summed E-state index contributed by atoms with van der Waals surface area (Å²) in [5, 5.41) is 12.3. The summed E-state index contributed by atoms with van der Waals surface area (Å²) in [5.41, 5.74) is 3.18. The number of nitrogens with two attached hydrogens (primary N) is 1. The van der Waals surface area contributed by atoms with Gasteiger partial charge in [-0.15, -0.1) is 10.2 Å². The van der Waals surface area contributed by atoms with Crippen molar-refractivity contribution in [1.29, 1.82) is 0 Å². The van der Waals surface area contributed by atoms with Crippen LogP contribution in [0.5, 0.6) is 11.5 Å². The van der Waals surface area contributed by atoms with Gasteiger partial charge in [0.1, 0.15) is 11.5 Å². The van der Waals surface area contributed by atoms with Gasteiger partial charge in [-0.05, 0) is 37.3 Å². The number of Topliss-reactive ketones (excluding diaryl/α,β-unsaturated/α-hetero) is 1. The van der Waals surface area contributed by atoms with E-state index in [-0.39, 0.29) is 17.5 Å². The maximum absolute atomic E-state index is 12.5. The van der Waals surface area contributed by atoms with Crippen molar-refractivity contribution in [3.05, 3.63) is 47.4 Å². The highest BCUT2D eigenvalue weighted by Gasteiger charge is 2.15. The first-order valence-corrected chi connectivity index (χ1v) is 9.44. The number of hydrogen-bond acceptors (Lipinski definition) is 10. The zero-order chi connectivity index (χ0) is 20.8. The average Bonchev–Trinajstić information content (AvgIpc) is 3.31. The third-order valence-electron chi connectivity index (χ3n) is 3.82. The lowest BCUT2D eigenvalue weighted by Crippen LogP contribution is -2.14. The minimum Gasteiger partial charge on any atom is -0.493 e. The van der Waals surface area contributed by atoms with Gasteiger partial charge < -0.3 is 19.7 Å². The monoisotopic (exact) mass is 416 g/mol. The van der Waals surface area contributed by atoms with Crippen LogP contribution in [0.3, 0.4) is 0 Å². The number of hydrogen-bond donors (Lipinski definition) is 2. The number of aryl methyl sites for hydroxylation is 1. The Morgan fingerprint density at radius 3 is 2.76 bits per heavy atom. The molecule has 10 nitrogen and oxygen atoms in total. The third kappa shape index (κ3) is 4.88. The maximum Gasteiger partial charge on any atom is 0.264 e. The number of anilines is 1. The first-order valence-electron chi connectivity index (χ1n) is 8.46. The summed E-state index contributed by atoms with van der Waals surface area (Å²) in [5.74, 6) is 8.62. The molecule has 0 atom stereocenters. The lowest BCUT2D eigenvalue weighted by atomic mass is 10.1. The second-order valence-corrected chi connectivity index (χ2v) is 6.72. The number of carbonyl (C=O) groups is 1. The Balaban J connectivity index is 1.60. The molecule has 0 fully saturated rings. The lowest BCUT2D eigenvalue weighted by Gasteiger charge is -2.09. The van der Waals surface area contributed by atoms with Crippen LogP contribution in [-0.2, 0) is 0 Å². The number of hydrazone groups is 1. The largest absolute Gasteiger partial charge is 0.493 e. The molecule has 152 valence electrons. The Kier molecular flexibility index (Phi) is 6.39. The van der Waals surface area contributed by atoms with E-state index >= 15 is 0 Å². The first kappa shape index (κ1) is 20.3. The van der Waals surface area contributed by atoms with Crippen LogP contribution in [0, 0.1) is 6.92 Å². The fourth-order valence-electron chi connectivity index (χ4n) is 2.35. The van der Waals surface area contributed by atoms with Crippen molar-refractivity contribution in [2.24, 2.45) is 5.10 Å². The minimum absolute atomic E-state index is 0.111. The van der Waals surface area contributed by atoms with Crippen LogP contribution in [-0.4, -0.2) is 46.8 Å². The maximum atomic E-state index is 12.5. The van der Waals surface area contributed by atoms with Crippen LogP contribution in [0.4, 0.5) is 5.95 Å². The number of carbonyl (C=O) groups excluding carboxylic acids is 1. The Morgan fingerprint density at radius 2 is 2.07 bits per heavy atom. The van der Waals surface area contributed by atoms with Gasteiger partial charge in [0.15, 0.2) is 17.3 Å². The molecule has 3 aromatic rings. The van der Waals surface area contributed by atoms with Crippen LogP contribution in [0.25, 0.3) is 0 Å². The number of aromatic nitrogens is 3. The highest BCUT2D eigenvalue weighted by molar-refractivity contribution is 7.99. The zero-order valence-corrected chi connectivity index (χ0v) is 16.9. The second kappa shape index (κ2) is 9.15. The summed E-state index contributed by atoms with van der Waals surface area (Å²) in [7, 11) is 3.05. The van der Waals surface area contributed by atoms with E-state index < -0.39 is 0 Å². The summed E-state index contributed by atoms with van der Waals surface area (Å²) in [4.78, 5) is 12.5. The molecule has 0 amide bonds. The van der Waals surface area contributed by atoms with Crippen LogP contribution in [0.1, 0.15) is 21.9 Å². The Labute approximate surface area is 171 Å². The number of rotatable bonds is 9. The molecule has 0 unspecified atom stereocenters. The molecule has 0 saturated carbocycles. The molecule has 0 saturated heterocycles. The molecule has 0 aliphatic carbocycles. The number of benzene rings is 1. The molecule has 0 bridgehead atoms. The van der Waals surface area contributed by atoms with E-state index in [0.29, 0.717) is 28.0 Å². The Hall–Kier alpha value is -3.47. The van der Waals surface area contributed by atoms with Crippen molar-refractivity contribution in [2.75, 3.05) is 31.2 Å². The number of ketones is 1. The van der Waals surface area contributed by atoms with Crippen LogP contribution < -0.4 is 20.7 Å². The number of thioether (sulfide) groups is 1. The van der Waals surface area contributed by atoms with Gasteiger partial charge >= 0.3 is 0 Å². The van der Waals surface area contributed by atoms with Gasteiger partial charge in [0.2, 0.25) is 5.16 Å². The molecular weight excluding hydrogens is 396 g/mol. The average molecular weight is 416 g/mol. The van der Waals surface area contributed by atoms with E-state index in [2.05, 4.69) is 20.7 Å². The van der Waals surface area contributed by atoms with Crippen molar-refractivity contribution >= 4 is 29.7 Å². The minimum atomic E-state index is -0.111. The lowest BCUT2D eigenvalue weighted by molar-refractivity contribution is 0.102. The molecule has 11 heteroatoms. The molecule has 3 rings (SSSR count). The number of nitrogens with one attached hydrogen (secondary N) is 1. The van der Waals surface area contributed by atoms with Gasteiger partial charge in [0, 0.05) is 5.56 Å². The van der Waals surface area contributed by atoms with E-state index in [1.165, 1.54) is 25.1 Å². The van der Waals surface area contributed by atoms with Gasteiger partial charge in [0.05, 0.1) is 26.2 Å². The van der Waals surface area contributed by atoms with Crippen molar-refractivity contribution < 1.29 is 18.7 Å². The molecule has 0 aliphatic heterocycles. The molecule has 2 aromatic heterocycles. The summed E-state index contributed by atoms with van der Waals surface area (Å²) in [6.45, 7) is 1.84. The molecule has 0 spiro atoms. The molecule has 2 heterocycles. The summed E-state index contributed by atoms with van der Waals surface area (Å²) < 4.78 is 17.0. The summed E-state index contributed by atoms with van der Waals surface area (Å²) in [6.07, 6.45) is 1.50. The van der Waals surface area contributed by atoms with Gasteiger partial charge in [0.25, 0.3) is 5.95 Å². The number of nitrogens with zero attached hydrogens (tertiary/aromatic N) is 4. The molecule has 1 aromatic carbocycles. The van der Waals surface area contributed by atoms with E-state index in [1.54, 1.807) is 24.3 Å². The number of methoxy groups -OCH3 is 2. The number of furan rings is 1. The summed E-state index contributed by atoms with van der Waals surface area (Å²) >= 11 is 1.16. The molecule has 3 N–H and O–H groups in total. The van der Waals surface area contributed by atoms with Gasteiger partial charge in [-0.25, -0.2) is 10.1 Å². The van der Waals surface area contributed by atoms with Crippen molar-refractivity contribution in [3.63, 3.8) is 0 Å². The van der Waals surface area contributed by atoms with E-state index in [0.717, 1.165) is 17.5 Å². The number of nitrogen functional groups attached to an aromatic ring is 1. The van der Waals surface area contributed by atoms with Gasteiger partial charge in [-0.2, -0.15) is 5.10 Å². The Bertz CT molecular complexity index is 1030. The van der Waals surface area contributed by atoms with Crippen LogP contribution in [0.15, 0.2) is 45.0 Å². The van der Waals surface area contributed by atoms with Crippen molar-refractivity contribution in [1.82, 2.24) is 14.9 Å². The standard InChI is InChI=1S/C18H20N6O4S/c1-11-4-6-13(28-11)9-20-21-17-22-23-18(24(17)19)29-10-14(25)12-5-7-15(26-2)16(8-12)27-3/h4-9H,10,19H2,1-3H3,(H,21,22)/b20-9+. The molecule has 0 aliphatic rings. The van der Waals surface area contributed by atoms with E-state index in [1.807, 2.05) is 13.0 Å². The van der Waals surface area contributed by atoms with Gasteiger partial charge in [-0.1, -0.05) is 11.8 Å². The SMILES string of the molecule is COc1ccc(C(=O)CSc2nnc(N/N=C/c3ccc(C)o3)n2N)cc1OC. The summed E-state index contributed by atoms with van der Waals surface area (Å²) in [6, 6.07) is 8.61. The van der Waals surface area contributed by atoms with Gasteiger partial charge in [-0.3, -0.25) is 4.79 Å². The number of ether oxygens (including phenoxy) is 2. The molecule has 0 radical (unpaired) electrons. The van der Waals surface area contributed by atoms with Crippen molar-refractivity contribution in [2.45, 2.75) is 12.1 Å². The van der Waals surface area contributed by atoms with E-state index in [9.17, 15) is 4.79 Å². The highest BCUT2D eigenvalue weighted by Crippen LogP contribution is 2.28. The second-order valence-electron chi connectivity index (χ2n) is 5.78. The van der Waals surface area contributed by atoms with Crippen LogP contribution >= 0.6 is 11.8 Å². The fourth-order valence-corrected chi connectivity index (χ4v) is 3.10. The molecular formula is C18H20N6O4S.